The van der Waals surface area contributed by atoms with E-state index in [1.165, 1.54) is 18.6 Å². The molecule has 0 radical (unpaired) electrons. The molecule has 112 valence electrons. The fraction of sp³-hybridized carbons (Fsp3) is 0.529. The first-order chi connectivity index (χ1) is 10.2. The van der Waals surface area contributed by atoms with Crippen LogP contribution in [-0.4, -0.2) is 24.9 Å². The topological polar surface area (TPSA) is 44.5 Å². The van der Waals surface area contributed by atoms with Crippen LogP contribution in [0.3, 0.4) is 0 Å². The van der Waals surface area contributed by atoms with Gasteiger partial charge in [0.25, 0.3) is 0 Å². The molecular formula is C17H20FNO2. The summed E-state index contributed by atoms with van der Waals surface area (Å²) in [5.41, 5.74) is 6.10. The van der Waals surface area contributed by atoms with Crippen LogP contribution in [-0.2, 0) is 4.74 Å². The molecule has 1 aromatic rings. The van der Waals surface area contributed by atoms with E-state index >= 15 is 0 Å². The van der Waals surface area contributed by atoms with E-state index in [1.54, 1.807) is 6.07 Å². The van der Waals surface area contributed by atoms with Crippen molar-refractivity contribution >= 4 is 0 Å². The van der Waals surface area contributed by atoms with Gasteiger partial charge in [0.05, 0.1) is 24.3 Å². The van der Waals surface area contributed by atoms with E-state index < -0.39 is 0 Å². The number of ether oxygens (including phenoxy) is 2. The molecule has 2 fully saturated rings. The molecule has 1 aliphatic heterocycles. The summed E-state index contributed by atoms with van der Waals surface area (Å²) < 4.78 is 25.4. The number of hydrogen-bond acceptors (Lipinski definition) is 3. The van der Waals surface area contributed by atoms with E-state index in [9.17, 15) is 4.39 Å². The third kappa shape index (κ3) is 3.20. The lowest BCUT2D eigenvalue weighted by Crippen LogP contribution is -2.48. The van der Waals surface area contributed by atoms with Crippen molar-refractivity contribution in [3.8, 4) is 17.6 Å². The number of halogens is 1. The van der Waals surface area contributed by atoms with Crippen LogP contribution in [0.4, 0.5) is 4.39 Å². The van der Waals surface area contributed by atoms with Crippen LogP contribution in [0.5, 0.6) is 5.75 Å². The summed E-state index contributed by atoms with van der Waals surface area (Å²) in [5, 5.41) is 0. The Bertz CT molecular complexity index is 572. The molecular weight excluding hydrogens is 269 g/mol. The SMILES string of the molecule is NCC#Cc1ccc(F)cc1OC1CCOC2(CCC2)C1. The van der Waals surface area contributed by atoms with Crippen LogP contribution >= 0.6 is 0 Å². The summed E-state index contributed by atoms with van der Waals surface area (Å²) in [6.07, 6.45) is 5.22. The van der Waals surface area contributed by atoms with E-state index in [1.807, 2.05) is 0 Å². The normalized spacial score (nSPS) is 23.0. The van der Waals surface area contributed by atoms with Crippen molar-refractivity contribution in [2.75, 3.05) is 13.2 Å². The maximum Gasteiger partial charge on any atom is 0.138 e. The first-order valence-electron chi connectivity index (χ1n) is 7.50. The Kier molecular flexibility index (Phi) is 4.14. The van der Waals surface area contributed by atoms with Crippen LogP contribution in [0.15, 0.2) is 18.2 Å². The van der Waals surface area contributed by atoms with Gasteiger partial charge in [-0.15, -0.1) is 0 Å². The average Bonchev–Trinajstić information content (AvgIpc) is 2.45. The van der Waals surface area contributed by atoms with Gasteiger partial charge in [0.15, 0.2) is 0 Å². The molecule has 0 bridgehead atoms. The summed E-state index contributed by atoms with van der Waals surface area (Å²) >= 11 is 0. The van der Waals surface area contributed by atoms with Crippen LogP contribution < -0.4 is 10.5 Å². The molecule has 1 atom stereocenters. The van der Waals surface area contributed by atoms with Gasteiger partial charge in [0.2, 0.25) is 0 Å². The summed E-state index contributed by atoms with van der Waals surface area (Å²) in [6, 6.07) is 4.44. The van der Waals surface area contributed by atoms with Crippen molar-refractivity contribution in [1.29, 1.82) is 0 Å². The lowest BCUT2D eigenvalue weighted by Gasteiger charge is -2.46. The monoisotopic (exact) mass is 289 g/mol. The zero-order valence-corrected chi connectivity index (χ0v) is 12.0. The van der Waals surface area contributed by atoms with E-state index in [-0.39, 0.29) is 24.1 Å². The van der Waals surface area contributed by atoms with E-state index in [2.05, 4.69) is 11.8 Å². The van der Waals surface area contributed by atoms with Gasteiger partial charge < -0.3 is 15.2 Å². The van der Waals surface area contributed by atoms with Crippen molar-refractivity contribution in [1.82, 2.24) is 0 Å². The van der Waals surface area contributed by atoms with Crippen molar-refractivity contribution in [2.24, 2.45) is 5.73 Å². The van der Waals surface area contributed by atoms with Crippen molar-refractivity contribution < 1.29 is 13.9 Å². The highest BCUT2D eigenvalue weighted by atomic mass is 19.1. The molecule has 2 N–H and O–H groups in total. The molecule has 2 aliphatic rings. The minimum atomic E-state index is -0.311. The van der Waals surface area contributed by atoms with Crippen LogP contribution in [0.1, 0.15) is 37.7 Å². The summed E-state index contributed by atoms with van der Waals surface area (Å²) in [7, 11) is 0. The molecule has 0 aromatic heterocycles. The smallest absolute Gasteiger partial charge is 0.138 e. The van der Waals surface area contributed by atoms with Gasteiger partial charge in [-0.3, -0.25) is 0 Å². The lowest BCUT2D eigenvalue weighted by atomic mass is 9.74. The predicted molar refractivity (Wildman–Crippen MR) is 78.5 cm³/mol. The van der Waals surface area contributed by atoms with Crippen molar-refractivity contribution in [3.05, 3.63) is 29.6 Å². The fourth-order valence-corrected chi connectivity index (χ4v) is 3.03. The second-order valence-electron chi connectivity index (χ2n) is 5.76. The molecule has 1 saturated heterocycles. The minimum Gasteiger partial charge on any atom is -0.489 e. The van der Waals surface area contributed by atoms with Gasteiger partial charge in [-0.1, -0.05) is 11.8 Å². The van der Waals surface area contributed by atoms with E-state index in [0.29, 0.717) is 17.9 Å². The second-order valence-corrected chi connectivity index (χ2v) is 5.76. The minimum absolute atomic E-state index is 0.0132. The predicted octanol–water partition coefficient (Wildman–Crippen LogP) is 2.62. The number of nitrogens with two attached hydrogens (primary N) is 1. The molecule has 1 spiro atoms. The second kappa shape index (κ2) is 6.05. The van der Waals surface area contributed by atoms with Gasteiger partial charge in [0.1, 0.15) is 17.7 Å². The van der Waals surface area contributed by atoms with Gasteiger partial charge in [-0.05, 0) is 31.4 Å². The third-order valence-electron chi connectivity index (χ3n) is 4.27. The van der Waals surface area contributed by atoms with Gasteiger partial charge in [-0.2, -0.15) is 0 Å². The van der Waals surface area contributed by atoms with E-state index in [0.717, 1.165) is 25.7 Å². The van der Waals surface area contributed by atoms with Gasteiger partial charge in [0, 0.05) is 18.9 Å². The maximum absolute atomic E-state index is 13.5. The van der Waals surface area contributed by atoms with Crippen LogP contribution in [0.2, 0.25) is 0 Å². The Hall–Kier alpha value is -1.57. The Balaban J connectivity index is 1.75. The summed E-state index contributed by atoms with van der Waals surface area (Å²) in [5.74, 6) is 5.93. The maximum atomic E-state index is 13.5. The average molecular weight is 289 g/mol. The van der Waals surface area contributed by atoms with E-state index in [4.69, 9.17) is 15.2 Å². The van der Waals surface area contributed by atoms with Crippen molar-refractivity contribution in [3.63, 3.8) is 0 Å². The number of hydrogen-bond donors (Lipinski definition) is 1. The molecule has 1 aliphatic carbocycles. The summed E-state index contributed by atoms with van der Waals surface area (Å²) in [4.78, 5) is 0. The molecule has 0 amide bonds. The lowest BCUT2D eigenvalue weighted by molar-refractivity contribution is -0.153. The Labute approximate surface area is 124 Å². The highest BCUT2D eigenvalue weighted by Crippen LogP contribution is 2.43. The van der Waals surface area contributed by atoms with Crippen LogP contribution in [0.25, 0.3) is 0 Å². The molecule has 3 nitrogen and oxygen atoms in total. The number of rotatable bonds is 2. The standard InChI is InChI=1S/C17H20FNO2/c18-14-5-4-13(3-1-9-19)16(11-14)21-15-6-10-20-17(12-15)7-2-8-17/h4-5,11,15H,2,6-10,12,19H2. The molecule has 4 heteroatoms. The molecule has 1 unspecified atom stereocenters. The molecule has 1 aromatic carbocycles. The zero-order chi connectivity index (χ0) is 14.7. The van der Waals surface area contributed by atoms with Gasteiger partial charge >= 0.3 is 0 Å². The third-order valence-corrected chi connectivity index (χ3v) is 4.27. The largest absolute Gasteiger partial charge is 0.489 e. The Morgan fingerprint density at radius 2 is 2.29 bits per heavy atom. The first kappa shape index (κ1) is 14.4. The molecule has 21 heavy (non-hydrogen) atoms. The fourth-order valence-electron chi connectivity index (χ4n) is 3.03. The summed E-state index contributed by atoms with van der Waals surface area (Å²) in [6.45, 7) is 0.987. The Morgan fingerprint density at radius 1 is 1.43 bits per heavy atom. The Morgan fingerprint density at radius 3 is 3.00 bits per heavy atom. The van der Waals surface area contributed by atoms with Gasteiger partial charge in [-0.25, -0.2) is 4.39 Å². The zero-order valence-electron chi connectivity index (χ0n) is 12.0. The van der Waals surface area contributed by atoms with Crippen LogP contribution in [0, 0.1) is 17.7 Å². The highest BCUT2D eigenvalue weighted by molar-refractivity contribution is 5.46. The molecule has 1 heterocycles. The van der Waals surface area contributed by atoms with Crippen molar-refractivity contribution in [2.45, 2.75) is 43.8 Å². The molecule has 1 saturated carbocycles. The first-order valence-corrected chi connectivity index (χ1v) is 7.50. The molecule has 3 rings (SSSR count). The number of benzene rings is 1. The highest BCUT2D eigenvalue weighted by Gasteiger charge is 2.43. The quantitative estimate of drug-likeness (QED) is 0.851.